The number of carbonyl (C=O) groups is 1. The molecule has 0 amide bonds. The number of allylic oxidation sites excluding steroid dienone is 1. The number of nitrogens with zero attached hydrogens (tertiary/aromatic N) is 1. The summed E-state index contributed by atoms with van der Waals surface area (Å²) in [4.78, 5) is 15.2. The van der Waals surface area contributed by atoms with Gasteiger partial charge in [-0.2, -0.15) is 0 Å². The van der Waals surface area contributed by atoms with Crippen LogP contribution in [0, 0.1) is 0 Å². The molecule has 0 aromatic heterocycles. The fraction of sp³-hybridized carbons (Fsp3) is 0.444. The fourth-order valence-electron chi connectivity index (χ4n) is 2.42. The zero-order chi connectivity index (χ0) is 16.7. The minimum Gasteiger partial charge on any atom is -0.493 e. The van der Waals surface area contributed by atoms with Crippen molar-refractivity contribution in [2.45, 2.75) is 45.1 Å². The van der Waals surface area contributed by atoms with E-state index in [1.165, 1.54) is 11.3 Å². The molecular weight excluding hydrogens is 292 g/mol. The van der Waals surface area contributed by atoms with E-state index >= 15 is 0 Å². The van der Waals surface area contributed by atoms with Gasteiger partial charge in [0.15, 0.2) is 0 Å². The van der Waals surface area contributed by atoms with E-state index in [0.29, 0.717) is 13.0 Å². The Bertz CT molecular complexity index is 591. The van der Waals surface area contributed by atoms with E-state index in [1.54, 1.807) is 0 Å². The summed E-state index contributed by atoms with van der Waals surface area (Å²) in [5.41, 5.74) is 9.00. The van der Waals surface area contributed by atoms with Crippen LogP contribution in [0.4, 0.5) is 0 Å². The van der Waals surface area contributed by atoms with Gasteiger partial charge >= 0.3 is 5.97 Å². The Hall–Kier alpha value is -2.14. The third-order valence-electron chi connectivity index (χ3n) is 3.97. The lowest BCUT2D eigenvalue weighted by Crippen LogP contribution is -2.32. The van der Waals surface area contributed by atoms with Gasteiger partial charge in [0.2, 0.25) is 0 Å². The lowest BCUT2D eigenvalue weighted by molar-refractivity contribution is -0.138. The molecule has 0 saturated carbocycles. The Labute approximate surface area is 136 Å². The van der Waals surface area contributed by atoms with E-state index in [4.69, 9.17) is 15.6 Å². The molecule has 1 unspecified atom stereocenters. The molecule has 0 bridgehead atoms. The monoisotopic (exact) mass is 316 g/mol. The fourth-order valence-corrected chi connectivity index (χ4v) is 2.42. The molecule has 0 spiro atoms. The second-order valence-corrected chi connectivity index (χ2v) is 5.73. The van der Waals surface area contributed by atoms with E-state index in [-0.39, 0.29) is 0 Å². The Balaban J connectivity index is 1.77. The Morgan fingerprint density at radius 3 is 2.65 bits per heavy atom. The maximum Gasteiger partial charge on any atom is 0.320 e. The number of aliphatic imine (C=N–C) groups is 1. The largest absolute Gasteiger partial charge is 0.493 e. The molecule has 0 fully saturated rings. The van der Waals surface area contributed by atoms with Crippen LogP contribution < -0.4 is 10.5 Å². The summed E-state index contributed by atoms with van der Waals surface area (Å²) in [6, 6.07) is 6.54. The van der Waals surface area contributed by atoms with Gasteiger partial charge in [-0.3, -0.25) is 9.79 Å². The minimum absolute atomic E-state index is 0.318. The Kier molecular flexibility index (Phi) is 6.35. The molecule has 5 nitrogen and oxygen atoms in total. The summed E-state index contributed by atoms with van der Waals surface area (Å²) in [5.74, 6) is -0.210. The molecule has 23 heavy (non-hydrogen) atoms. The summed E-state index contributed by atoms with van der Waals surface area (Å²) in [7, 11) is 0. The molecule has 1 aromatic rings. The molecule has 0 aliphatic carbocycles. The molecule has 0 radical (unpaired) electrons. The lowest BCUT2D eigenvalue weighted by atomic mass is 10.0. The Morgan fingerprint density at radius 2 is 2.09 bits per heavy atom. The van der Waals surface area contributed by atoms with E-state index < -0.39 is 12.0 Å². The van der Waals surface area contributed by atoms with Gasteiger partial charge in [-0.05, 0) is 43.4 Å². The SMILES string of the molecule is CCC1=CN=C(CCOc2ccc(CC(N)C(=O)O)cc2)CC1. The molecule has 3 N–H and O–H groups in total. The smallest absolute Gasteiger partial charge is 0.320 e. The average molecular weight is 316 g/mol. The van der Waals surface area contributed by atoms with Crippen molar-refractivity contribution in [1.29, 1.82) is 0 Å². The predicted molar refractivity (Wildman–Crippen MR) is 90.9 cm³/mol. The zero-order valence-corrected chi connectivity index (χ0v) is 13.5. The summed E-state index contributed by atoms with van der Waals surface area (Å²) >= 11 is 0. The molecule has 1 atom stereocenters. The van der Waals surface area contributed by atoms with Crippen molar-refractivity contribution in [3.05, 3.63) is 41.6 Å². The number of nitrogens with two attached hydrogens (primary N) is 1. The number of carboxylic acids is 1. The number of hydrogen-bond donors (Lipinski definition) is 2. The molecule has 124 valence electrons. The number of benzene rings is 1. The minimum atomic E-state index is -0.987. The molecule has 5 heteroatoms. The quantitative estimate of drug-likeness (QED) is 0.772. The molecule has 2 rings (SSSR count). The highest BCUT2D eigenvalue weighted by molar-refractivity contribution is 5.86. The van der Waals surface area contributed by atoms with Gasteiger partial charge in [0.25, 0.3) is 0 Å². The topological polar surface area (TPSA) is 84.9 Å². The van der Waals surface area contributed by atoms with Crippen molar-refractivity contribution in [3.63, 3.8) is 0 Å². The van der Waals surface area contributed by atoms with Crippen molar-refractivity contribution in [2.24, 2.45) is 10.7 Å². The second kappa shape index (κ2) is 8.48. The first kappa shape index (κ1) is 17.2. The van der Waals surface area contributed by atoms with Crippen LogP contribution in [0.1, 0.15) is 38.2 Å². The predicted octanol–water partition coefficient (Wildman–Crippen LogP) is 2.94. The van der Waals surface area contributed by atoms with Crippen molar-refractivity contribution in [2.75, 3.05) is 6.61 Å². The number of hydrogen-bond acceptors (Lipinski definition) is 4. The van der Waals surface area contributed by atoms with Gasteiger partial charge in [0.1, 0.15) is 11.8 Å². The average Bonchev–Trinajstić information content (AvgIpc) is 2.57. The normalized spacial score (nSPS) is 15.6. The first-order chi connectivity index (χ1) is 11.1. The van der Waals surface area contributed by atoms with E-state index in [1.807, 2.05) is 30.5 Å². The molecule has 1 aliphatic rings. The van der Waals surface area contributed by atoms with Crippen LogP contribution >= 0.6 is 0 Å². The highest BCUT2D eigenvalue weighted by Crippen LogP contribution is 2.18. The molecule has 1 aliphatic heterocycles. The van der Waals surface area contributed by atoms with Crippen LogP contribution in [-0.4, -0.2) is 29.4 Å². The summed E-state index contributed by atoms with van der Waals surface area (Å²) in [6.07, 6.45) is 6.34. The van der Waals surface area contributed by atoms with Gasteiger partial charge < -0.3 is 15.6 Å². The van der Waals surface area contributed by atoms with Gasteiger partial charge in [-0.1, -0.05) is 24.6 Å². The Morgan fingerprint density at radius 1 is 1.35 bits per heavy atom. The van der Waals surface area contributed by atoms with Crippen molar-refractivity contribution >= 4 is 11.7 Å². The van der Waals surface area contributed by atoms with E-state index in [9.17, 15) is 4.79 Å². The van der Waals surface area contributed by atoms with E-state index in [0.717, 1.165) is 37.0 Å². The number of ether oxygens (including phenoxy) is 1. The number of aliphatic carboxylic acids is 1. The summed E-state index contributed by atoms with van der Waals surface area (Å²) in [6.45, 7) is 2.75. The molecular formula is C18H24N2O3. The molecule has 1 heterocycles. The van der Waals surface area contributed by atoms with Crippen LogP contribution in [-0.2, 0) is 11.2 Å². The van der Waals surface area contributed by atoms with Crippen molar-refractivity contribution < 1.29 is 14.6 Å². The molecule has 1 aromatic carbocycles. The zero-order valence-electron chi connectivity index (χ0n) is 13.5. The van der Waals surface area contributed by atoms with Crippen LogP contribution in [0.3, 0.4) is 0 Å². The third kappa shape index (κ3) is 5.53. The van der Waals surface area contributed by atoms with Gasteiger partial charge in [0, 0.05) is 18.3 Å². The maximum atomic E-state index is 10.7. The van der Waals surface area contributed by atoms with Gasteiger partial charge in [0.05, 0.1) is 6.61 Å². The van der Waals surface area contributed by atoms with Crippen LogP contribution in [0.2, 0.25) is 0 Å². The second-order valence-electron chi connectivity index (χ2n) is 5.73. The number of rotatable bonds is 8. The first-order valence-corrected chi connectivity index (χ1v) is 8.02. The standard InChI is InChI=1S/C18H24N2O3/c1-2-13-3-6-15(20-12-13)9-10-23-16-7-4-14(5-8-16)11-17(19)18(21)22/h4-5,7-8,12,17H,2-3,6,9-11,19H2,1H3,(H,21,22). The van der Waals surface area contributed by atoms with Gasteiger partial charge in [-0.15, -0.1) is 0 Å². The summed E-state index contributed by atoms with van der Waals surface area (Å²) < 4.78 is 5.72. The molecule has 0 saturated heterocycles. The van der Waals surface area contributed by atoms with Crippen LogP contribution in [0.25, 0.3) is 0 Å². The van der Waals surface area contributed by atoms with Crippen LogP contribution in [0.5, 0.6) is 5.75 Å². The highest BCUT2D eigenvalue weighted by Gasteiger charge is 2.12. The first-order valence-electron chi connectivity index (χ1n) is 8.02. The number of carboxylic acid groups (broad SMARTS) is 1. The van der Waals surface area contributed by atoms with Crippen molar-refractivity contribution in [1.82, 2.24) is 0 Å². The lowest BCUT2D eigenvalue weighted by Gasteiger charge is -2.13. The van der Waals surface area contributed by atoms with Crippen LogP contribution in [0.15, 0.2) is 41.0 Å². The van der Waals surface area contributed by atoms with Gasteiger partial charge in [-0.25, -0.2) is 0 Å². The summed E-state index contributed by atoms with van der Waals surface area (Å²) in [5, 5.41) is 8.81. The third-order valence-corrected chi connectivity index (χ3v) is 3.97. The maximum absolute atomic E-state index is 10.7. The van der Waals surface area contributed by atoms with Crippen molar-refractivity contribution in [3.8, 4) is 5.75 Å². The highest BCUT2D eigenvalue weighted by atomic mass is 16.5. The van der Waals surface area contributed by atoms with E-state index in [2.05, 4.69) is 11.9 Å².